The minimum Gasteiger partial charge on any atom is -0.326 e. The number of amides is 1. The summed E-state index contributed by atoms with van der Waals surface area (Å²) in [6.45, 7) is 0. The lowest BCUT2D eigenvalue weighted by atomic mass is 10.1. The topological polar surface area (TPSA) is 63.2 Å². The molecule has 18 heavy (non-hydrogen) atoms. The van der Waals surface area contributed by atoms with Crippen molar-refractivity contribution in [3.05, 3.63) is 41.6 Å². The summed E-state index contributed by atoms with van der Waals surface area (Å²) in [5.74, 6) is -0.967. The van der Waals surface area contributed by atoms with Crippen molar-refractivity contribution in [3.8, 4) is 0 Å². The molecule has 1 aromatic rings. The van der Waals surface area contributed by atoms with E-state index in [2.05, 4.69) is 5.32 Å². The maximum atomic E-state index is 12.6. The fraction of sp³-hybridized carbons (Fsp3) is 0.250. The summed E-state index contributed by atoms with van der Waals surface area (Å²) in [6.07, 6.45) is 1.63. The van der Waals surface area contributed by atoms with Gasteiger partial charge in [0.15, 0.2) is 9.84 Å². The number of halogens is 1. The Bertz CT molecular complexity index is 578. The van der Waals surface area contributed by atoms with Crippen molar-refractivity contribution in [1.82, 2.24) is 0 Å². The molecule has 1 aliphatic heterocycles. The molecule has 0 bridgehead atoms. The molecule has 1 heterocycles. The lowest BCUT2D eigenvalue weighted by Gasteiger charge is -2.08. The number of benzene rings is 1. The molecule has 0 aliphatic carbocycles. The van der Waals surface area contributed by atoms with Crippen molar-refractivity contribution in [2.75, 3.05) is 11.1 Å². The fourth-order valence-corrected chi connectivity index (χ4v) is 3.15. The highest BCUT2D eigenvalue weighted by Gasteiger charge is 2.23. The summed E-state index contributed by atoms with van der Waals surface area (Å²) in [5.41, 5.74) is 0.492. The van der Waals surface area contributed by atoms with Gasteiger partial charge in [-0.2, -0.15) is 0 Å². The highest BCUT2D eigenvalue weighted by molar-refractivity contribution is 7.94. The number of rotatable bonds is 3. The molecule has 0 spiro atoms. The third kappa shape index (κ3) is 3.40. The Morgan fingerprint density at radius 2 is 2.00 bits per heavy atom. The van der Waals surface area contributed by atoms with Crippen molar-refractivity contribution < 1.29 is 17.6 Å². The largest absolute Gasteiger partial charge is 0.326 e. The summed E-state index contributed by atoms with van der Waals surface area (Å²) >= 11 is 0. The first-order chi connectivity index (χ1) is 8.44. The lowest BCUT2D eigenvalue weighted by Crippen LogP contribution is -2.17. The van der Waals surface area contributed by atoms with Gasteiger partial charge in [-0.15, -0.1) is 0 Å². The molecule has 0 unspecified atom stereocenters. The molecule has 1 aromatic carbocycles. The second-order valence-corrected chi connectivity index (χ2v) is 6.11. The molecule has 0 fully saturated rings. The predicted octanol–water partition coefficient (Wildman–Crippen LogP) is 1.71. The van der Waals surface area contributed by atoms with Crippen LogP contribution in [0.5, 0.6) is 0 Å². The molecule has 1 amide bonds. The van der Waals surface area contributed by atoms with E-state index in [-0.39, 0.29) is 29.8 Å². The summed E-state index contributed by atoms with van der Waals surface area (Å²) in [7, 11) is -3.13. The molecule has 0 saturated heterocycles. The summed E-state index contributed by atoms with van der Waals surface area (Å²) < 4.78 is 35.0. The van der Waals surface area contributed by atoms with Gasteiger partial charge >= 0.3 is 0 Å². The van der Waals surface area contributed by atoms with E-state index >= 15 is 0 Å². The van der Waals surface area contributed by atoms with Gasteiger partial charge in [0.05, 0.1) is 5.75 Å². The Morgan fingerprint density at radius 3 is 2.56 bits per heavy atom. The summed E-state index contributed by atoms with van der Waals surface area (Å²) in [4.78, 5) is 11.6. The molecule has 0 aromatic heterocycles. The molecule has 1 aliphatic rings. The van der Waals surface area contributed by atoms with Crippen LogP contribution < -0.4 is 5.32 Å². The molecule has 96 valence electrons. The number of hydrogen-bond acceptors (Lipinski definition) is 3. The van der Waals surface area contributed by atoms with Crippen LogP contribution in [0, 0.1) is 11.7 Å². The normalized spacial score (nSPS) is 20.8. The van der Waals surface area contributed by atoms with Gasteiger partial charge in [-0.25, -0.2) is 12.8 Å². The van der Waals surface area contributed by atoms with Gasteiger partial charge in [0, 0.05) is 23.4 Å². The number of sulfone groups is 1. The number of allylic oxidation sites excluding steroid dienone is 1. The van der Waals surface area contributed by atoms with E-state index in [0.29, 0.717) is 5.69 Å². The monoisotopic (exact) mass is 269 g/mol. The minimum atomic E-state index is -3.13. The second kappa shape index (κ2) is 4.89. The number of nitrogens with one attached hydrogen (secondary N) is 1. The molecule has 4 nitrogen and oxygen atoms in total. The van der Waals surface area contributed by atoms with Gasteiger partial charge in [0.2, 0.25) is 5.91 Å². The number of carbonyl (C=O) groups excluding carboxylic acids is 1. The van der Waals surface area contributed by atoms with E-state index in [1.165, 1.54) is 30.3 Å². The average Bonchev–Trinajstić information content (AvgIpc) is 2.61. The molecule has 0 radical (unpaired) electrons. The van der Waals surface area contributed by atoms with Crippen molar-refractivity contribution in [1.29, 1.82) is 0 Å². The van der Waals surface area contributed by atoms with Gasteiger partial charge in [0.1, 0.15) is 5.82 Å². The van der Waals surface area contributed by atoms with Crippen molar-refractivity contribution in [2.45, 2.75) is 6.42 Å². The minimum absolute atomic E-state index is 0.0240. The van der Waals surface area contributed by atoms with Gasteiger partial charge in [-0.3, -0.25) is 4.79 Å². The Hall–Kier alpha value is -1.69. The quantitative estimate of drug-likeness (QED) is 0.908. The first kappa shape index (κ1) is 12.8. The molecule has 1 atom stereocenters. The van der Waals surface area contributed by atoms with E-state index < -0.39 is 9.84 Å². The number of anilines is 1. The van der Waals surface area contributed by atoms with Crippen LogP contribution in [0.15, 0.2) is 35.7 Å². The Kier molecular flexibility index (Phi) is 3.47. The van der Waals surface area contributed by atoms with Crippen LogP contribution in [0.4, 0.5) is 10.1 Å². The molecule has 1 N–H and O–H groups in total. The maximum absolute atomic E-state index is 12.6. The summed E-state index contributed by atoms with van der Waals surface area (Å²) in [5, 5.41) is 3.73. The standard InChI is InChI=1S/C12H12FNO3S/c13-10-1-3-11(4-2-10)14-12(15)7-9-5-6-18(16,17)8-9/h1-6,9H,7-8H2,(H,14,15)/t9-/m1/s1. The van der Waals surface area contributed by atoms with E-state index in [9.17, 15) is 17.6 Å². The zero-order chi connectivity index (χ0) is 13.2. The van der Waals surface area contributed by atoms with Gasteiger partial charge in [-0.1, -0.05) is 6.08 Å². The van der Waals surface area contributed by atoms with E-state index in [0.717, 1.165) is 5.41 Å². The van der Waals surface area contributed by atoms with Crippen LogP contribution in [0.3, 0.4) is 0 Å². The highest BCUT2D eigenvalue weighted by Crippen LogP contribution is 2.19. The van der Waals surface area contributed by atoms with Crippen LogP contribution in [-0.4, -0.2) is 20.1 Å². The van der Waals surface area contributed by atoms with Crippen LogP contribution in [-0.2, 0) is 14.6 Å². The number of carbonyl (C=O) groups is 1. The zero-order valence-corrected chi connectivity index (χ0v) is 10.3. The van der Waals surface area contributed by atoms with Gasteiger partial charge in [-0.05, 0) is 24.3 Å². The molecular formula is C12H12FNO3S. The van der Waals surface area contributed by atoms with Crippen LogP contribution in [0.25, 0.3) is 0 Å². The Morgan fingerprint density at radius 1 is 1.33 bits per heavy atom. The summed E-state index contributed by atoms with van der Waals surface area (Å²) in [6, 6.07) is 5.40. The van der Waals surface area contributed by atoms with Crippen molar-refractivity contribution in [3.63, 3.8) is 0 Å². The lowest BCUT2D eigenvalue weighted by molar-refractivity contribution is -0.116. The van der Waals surface area contributed by atoms with Gasteiger partial charge in [0.25, 0.3) is 0 Å². The van der Waals surface area contributed by atoms with Gasteiger partial charge < -0.3 is 5.32 Å². The smallest absolute Gasteiger partial charge is 0.224 e. The number of hydrogen-bond donors (Lipinski definition) is 1. The molecule has 0 saturated carbocycles. The Labute approximate surface area is 104 Å². The highest BCUT2D eigenvalue weighted by atomic mass is 32.2. The maximum Gasteiger partial charge on any atom is 0.224 e. The van der Waals surface area contributed by atoms with E-state index in [1.807, 2.05) is 0 Å². The molecule has 6 heteroatoms. The Balaban J connectivity index is 1.90. The van der Waals surface area contributed by atoms with Crippen molar-refractivity contribution >= 4 is 21.4 Å². The average molecular weight is 269 g/mol. The van der Waals surface area contributed by atoms with E-state index in [4.69, 9.17) is 0 Å². The molecule has 2 rings (SSSR count). The van der Waals surface area contributed by atoms with Crippen LogP contribution >= 0.6 is 0 Å². The van der Waals surface area contributed by atoms with Crippen LogP contribution in [0.1, 0.15) is 6.42 Å². The SMILES string of the molecule is O=C(C[C@H]1C=CS(=O)(=O)C1)Nc1ccc(F)cc1. The second-order valence-electron chi connectivity index (χ2n) is 4.18. The first-order valence-electron chi connectivity index (χ1n) is 5.41. The first-order valence-corrected chi connectivity index (χ1v) is 7.12. The van der Waals surface area contributed by atoms with Crippen molar-refractivity contribution in [2.24, 2.45) is 5.92 Å². The molecular weight excluding hydrogens is 257 g/mol. The van der Waals surface area contributed by atoms with Crippen LogP contribution in [0.2, 0.25) is 0 Å². The van der Waals surface area contributed by atoms with E-state index in [1.54, 1.807) is 0 Å². The predicted molar refractivity (Wildman–Crippen MR) is 66.1 cm³/mol. The fourth-order valence-electron chi connectivity index (χ4n) is 1.75. The zero-order valence-electron chi connectivity index (χ0n) is 9.47. The third-order valence-electron chi connectivity index (χ3n) is 2.58. The third-order valence-corrected chi connectivity index (χ3v) is 4.04.